The molecular weight excluding hydrogens is 360 g/mol. The van der Waals surface area contributed by atoms with E-state index in [0.717, 1.165) is 32.6 Å². The minimum absolute atomic E-state index is 0.0160. The van der Waals surface area contributed by atoms with E-state index >= 15 is 0 Å². The first-order valence-electron chi connectivity index (χ1n) is 8.85. The molecule has 0 spiro atoms. The van der Waals surface area contributed by atoms with Crippen LogP contribution in [0.5, 0.6) is 0 Å². The summed E-state index contributed by atoms with van der Waals surface area (Å²) in [5.41, 5.74) is 10.4. The average Bonchev–Trinajstić information content (AvgIpc) is 3.04. The molecule has 0 fully saturated rings. The van der Waals surface area contributed by atoms with Crippen LogP contribution >= 0.6 is 11.8 Å². The van der Waals surface area contributed by atoms with Crippen molar-refractivity contribution in [1.29, 1.82) is 0 Å². The first kappa shape index (κ1) is 18.1. The van der Waals surface area contributed by atoms with Gasteiger partial charge in [-0.2, -0.15) is 0 Å². The van der Waals surface area contributed by atoms with Crippen LogP contribution in [0.15, 0.2) is 41.3 Å². The standard InChI is InChI=1S/C21H22N2O3S/c1-21(2)16-8-13(27-10-12(25)9-24)4-6-14(16)19(26)18-15-5-3-11(22)7-17(15)23-20(18)21/h3-8,12,23-25H,9-10,22H2,1-2H3. The quantitative estimate of drug-likeness (QED) is 0.411. The van der Waals surface area contributed by atoms with Crippen molar-refractivity contribution >= 4 is 34.1 Å². The van der Waals surface area contributed by atoms with E-state index in [4.69, 9.17) is 10.8 Å². The van der Waals surface area contributed by atoms with Gasteiger partial charge in [-0.15, -0.1) is 11.8 Å². The minimum Gasteiger partial charge on any atom is -0.399 e. The molecule has 0 saturated carbocycles. The molecule has 1 heterocycles. The molecule has 4 rings (SSSR count). The minimum atomic E-state index is -0.758. The zero-order valence-electron chi connectivity index (χ0n) is 15.2. The predicted octanol–water partition coefficient (Wildman–Crippen LogP) is 3.07. The second-order valence-electron chi connectivity index (χ2n) is 7.49. The molecule has 1 aromatic heterocycles. The monoisotopic (exact) mass is 382 g/mol. The molecule has 0 radical (unpaired) electrons. The third-order valence-electron chi connectivity index (χ3n) is 5.24. The third kappa shape index (κ3) is 2.84. The number of nitrogen functional groups attached to an aromatic ring is 1. The second kappa shape index (κ2) is 6.41. The van der Waals surface area contributed by atoms with E-state index in [0.29, 0.717) is 17.0 Å². The zero-order chi connectivity index (χ0) is 19.3. The highest BCUT2D eigenvalue weighted by atomic mass is 32.2. The Kier molecular flexibility index (Phi) is 4.29. The molecule has 0 aliphatic heterocycles. The third-order valence-corrected chi connectivity index (χ3v) is 6.38. The number of benzene rings is 2. The molecule has 1 atom stereocenters. The Morgan fingerprint density at radius 1 is 1.22 bits per heavy atom. The van der Waals surface area contributed by atoms with Crippen LogP contribution in [-0.2, 0) is 5.41 Å². The van der Waals surface area contributed by atoms with Gasteiger partial charge in [0.05, 0.1) is 18.3 Å². The Labute approximate surface area is 161 Å². The highest BCUT2D eigenvalue weighted by molar-refractivity contribution is 7.99. The molecule has 1 aliphatic rings. The molecule has 27 heavy (non-hydrogen) atoms. The number of thioether (sulfide) groups is 1. The van der Waals surface area contributed by atoms with Crippen molar-refractivity contribution in [2.75, 3.05) is 18.1 Å². The number of hydrogen-bond acceptors (Lipinski definition) is 5. The summed E-state index contributed by atoms with van der Waals surface area (Å²) in [5, 5.41) is 19.5. The van der Waals surface area contributed by atoms with Gasteiger partial charge in [0.25, 0.3) is 0 Å². The van der Waals surface area contributed by atoms with Crippen molar-refractivity contribution in [3.63, 3.8) is 0 Å². The van der Waals surface area contributed by atoms with Gasteiger partial charge in [-0.25, -0.2) is 0 Å². The number of nitrogens with one attached hydrogen (secondary N) is 1. The highest BCUT2D eigenvalue weighted by Gasteiger charge is 2.39. The van der Waals surface area contributed by atoms with E-state index in [1.165, 1.54) is 11.8 Å². The molecular formula is C21H22N2O3S. The summed E-state index contributed by atoms with van der Waals surface area (Å²) in [6.45, 7) is 3.95. The molecule has 2 aromatic carbocycles. The molecule has 6 heteroatoms. The topological polar surface area (TPSA) is 99.3 Å². The van der Waals surface area contributed by atoms with E-state index in [-0.39, 0.29) is 17.8 Å². The lowest BCUT2D eigenvalue weighted by Crippen LogP contribution is -2.30. The molecule has 0 bridgehead atoms. The molecule has 3 aromatic rings. The van der Waals surface area contributed by atoms with E-state index in [1.807, 2.05) is 36.4 Å². The van der Waals surface area contributed by atoms with Gasteiger partial charge in [-0.3, -0.25) is 4.79 Å². The van der Waals surface area contributed by atoms with Crippen molar-refractivity contribution in [3.05, 3.63) is 58.8 Å². The van der Waals surface area contributed by atoms with Gasteiger partial charge in [-0.05, 0) is 35.9 Å². The molecule has 0 saturated heterocycles. The highest BCUT2D eigenvalue weighted by Crippen LogP contribution is 2.44. The lowest BCUT2D eigenvalue weighted by Gasteiger charge is -2.32. The van der Waals surface area contributed by atoms with Gasteiger partial charge in [0.2, 0.25) is 0 Å². The Hall–Kier alpha value is -2.28. The van der Waals surface area contributed by atoms with Crippen molar-refractivity contribution in [2.45, 2.75) is 30.3 Å². The van der Waals surface area contributed by atoms with Crippen LogP contribution in [0.1, 0.15) is 41.0 Å². The van der Waals surface area contributed by atoms with E-state index in [1.54, 1.807) is 0 Å². The number of ketones is 1. The van der Waals surface area contributed by atoms with Crippen molar-refractivity contribution in [3.8, 4) is 0 Å². The summed E-state index contributed by atoms with van der Waals surface area (Å²) in [6, 6.07) is 11.4. The molecule has 140 valence electrons. The van der Waals surface area contributed by atoms with Crippen molar-refractivity contribution in [2.24, 2.45) is 0 Å². The normalized spacial score (nSPS) is 16.2. The molecule has 1 unspecified atom stereocenters. The lowest BCUT2D eigenvalue weighted by atomic mass is 9.71. The zero-order valence-corrected chi connectivity index (χ0v) is 16.1. The summed E-state index contributed by atoms with van der Waals surface area (Å²) in [4.78, 5) is 17.6. The summed E-state index contributed by atoms with van der Waals surface area (Å²) in [7, 11) is 0. The molecule has 5 N–H and O–H groups in total. The number of hydrogen-bond donors (Lipinski definition) is 4. The number of carbonyl (C=O) groups is 1. The number of aromatic nitrogens is 1. The average molecular weight is 382 g/mol. The van der Waals surface area contributed by atoms with Crippen LogP contribution in [0, 0.1) is 0 Å². The number of aliphatic hydroxyl groups excluding tert-OH is 2. The summed E-state index contributed by atoms with van der Waals surface area (Å²) in [6.07, 6.45) is -0.758. The van der Waals surface area contributed by atoms with E-state index < -0.39 is 6.10 Å². The van der Waals surface area contributed by atoms with Crippen LogP contribution in [-0.4, -0.2) is 39.4 Å². The van der Waals surface area contributed by atoms with Crippen molar-refractivity contribution in [1.82, 2.24) is 4.98 Å². The SMILES string of the molecule is CC1(C)c2cc(SCC(O)CO)ccc2C(=O)c2c1[nH]c1cc(N)ccc21. The maximum absolute atomic E-state index is 13.2. The van der Waals surface area contributed by atoms with Crippen LogP contribution in [0.2, 0.25) is 0 Å². The van der Waals surface area contributed by atoms with Gasteiger partial charge < -0.3 is 20.9 Å². The summed E-state index contributed by atoms with van der Waals surface area (Å²) >= 11 is 1.47. The van der Waals surface area contributed by atoms with Crippen LogP contribution in [0.25, 0.3) is 10.9 Å². The van der Waals surface area contributed by atoms with Gasteiger partial charge in [0.15, 0.2) is 5.78 Å². The largest absolute Gasteiger partial charge is 0.399 e. The summed E-state index contributed by atoms with van der Waals surface area (Å²) in [5.74, 6) is 0.419. The predicted molar refractivity (Wildman–Crippen MR) is 109 cm³/mol. The smallest absolute Gasteiger partial charge is 0.195 e. The maximum atomic E-state index is 13.2. The summed E-state index contributed by atoms with van der Waals surface area (Å²) < 4.78 is 0. The fourth-order valence-electron chi connectivity index (χ4n) is 3.76. The van der Waals surface area contributed by atoms with Crippen molar-refractivity contribution < 1.29 is 15.0 Å². The number of fused-ring (bicyclic) bond motifs is 4. The van der Waals surface area contributed by atoms with Gasteiger partial charge in [0.1, 0.15) is 0 Å². The second-order valence-corrected chi connectivity index (χ2v) is 8.58. The number of carbonyl (C=O) groups excluding carboxylic acids is 1. The number of aliphatic hydroxyl groups is 2. The first-order valence-corrected chi connectivity index (χ1v) is 9.84. The number of anilines is 1. The van der Waals surface area contributed by atoms with E-state index in [2.05, 4.69) is 18.8 Å². The van der Waals surface area contributed by atoms with E-state index in [9.17, 15) is 9.90 Å². The fourth-order valence-corrected chi connectivity index (χ4v) is 4.62. The van der Waals surface area contributed by atoms with Crippen LogP contribution in [0.4, 0.5) is 5.69 Å². The molecule has 1 aliphatic carbocycles. The number of H-pyrrole nitrogens is 1. The van der Waals surface area contributed by atoms with Crippen LogP contribution < -0.4 is 5.73 Å². The lowest BCUT2D eigenvalue weighted by molar-refractivity contribution is 0.103. The number of rotatable bonds is 4. The van der Waals surface area contributed by atoms with Gasteiger partial charge >= 0.3 is 0 Å². The number of nitrogens with two attached hydrogens (primary N) is 1. The molecule has 5 nitrogen and oxygen atoms in total. The molecule has 0 amide bonds. The van der Waals surface area contributed by atoms with Crippen LogP contribution in [0.3, 0.4) is 0 Å². The Morgan fingerprint density at radius 2 is 2.00 bits per heavy atom. The Bertz CT molecular complexity index is 1060. The first-order chi connectivity index (χ1) is 12.8. The number of aromatic amines is 1. The fraction of sp³-hybridized carbons (Fsp3) is 0.286. The maximum Gasteiger partial charge on any atom is 0.195 e. The Balaban J connectivity index is 1.83. The Morgan fingerprint density at radius 3 is 2.74 bits per heavy atom. The van der Waals surface area contributed by atoms with Gasteiger partial charge in [0, 0.05) is 43.9 Å². The van der Waals surface area contributed by atoms with Gasteiger partial charge in [-0.1, -0.05) is 19.9 Å².